The molecule has 0 aliphatic carbocycles. The maximum atomic E-state index is 12.5. The maximum Gasteiger partial charge on any atom is 0.369 e. The third-order valence-corrected chi connectivity index (χ3v) is 5.00. The lowest BCUT2D eigenvalue weighted by Gasteiger charge is -2.30. The number of carbonyl (C=O) groups excluding carboxylic acids is 2. The van der Waals surface area contributed by atoms with Gasteiger partial charge in [-0.2, -0.15) is 0 Å². The Labute approximate surface area is 116 Å². The minimum atomic E-state index is -4.24. The zero-order chi connectivity index (χ0) is 15.4. The molecular formula is C12H16NO6P. The molecule has 20 heavy (non-hydrogen) atoms. The number of nitrogens with two attached hydrogens (primary N) is 1. The van der Waals surface area contributed by atoms with E-state index >= 15 is 0 Å². The fourth-order valence-corrected chi connectivity index (χ4v) is 3.07. The van der Waals surface area contributed by atoms with Crippen molar-refractivity contribution in [3.05, 3.63) is 35.9 Å². The predicted molar refractivity (Wildman–Crippen MR) is 71.3 cm³/mol. The van der Waals surface area contributed by atoms with Crippen LogP contribution in [-0.2, 0) is 23.1 Å². The second-order valence-corrected chi connectivity index (χ2v) is 6.25. The number of rotatable bonds is 6. The van der Waals surface area contributed by atoms with Crippen molar-refractivity contribution in [3.63, 3.8) is 0 Å². The van der Waals surface area contributed by atoms with Gasteiger partial charge in [-0.3, -0.25) is 15.1 Å². The van der Waals surface area contributed by atoms with Crippen LogP contribution >= 0.6 is 7.60 Å². The predicted octanol–water partition coefficient (Wildman–Crippen LogP) is 1.18. The van der Waals surface area contributed by atoms with E-state index in [1.54, 1.807) is 18.2 Å². The molecule has 1 atom stereocenters. The molecule has 110 valence electrons. The summed E-state index contributed by atoms with van der Waals surface area (Å²) in [4.78, 5) is 24.4. The molecule has 1 aromatic rings. The average Bonchev–Trinajstić information content (AvgIpc) is 2.52. The molecule has 0 spiro atoms. The molecule has 0 amide bonds. The molecule has 2 N–H and O–H groups in total. The summed E-state index contributed by atoms with van der Waals surface area (Å²) >= 11 is 0. The summed E-state index contributed by atoms with van der Waals surface area (Å²) in [7, 11) is -1.15. The minimum Gasteiger partial charge on any atom is -0.467 e. The Hall–Kier alpha value is -1.53. The smallest absolute Gasteiger partial charge is 0.369 e. The van der Waals surface area contributed by atoms with E-state index in [0.29, 0.717) is 0 Å². The first-order chi connectivity index (χ1) is 9.37. The highest BCUT2D eigenvalue weighted by Crippen LogP contribution is 2.57. The Kier molecular flexibility index (Phi) is 5.19. The lowest BCUT2D eigenvalue weighted by Crippen LogP contribution is -2.55. The van der Waals surface area contributed by atoms with Crippen LogP contribution in [0.2, 0.25) is 0 Å². The second-order valence-electron chi connectivity index (χ2n) is 3.82. The van der Waals surface area contributed by atoms with Crippen LogP contribution in [0.1, 0.15) is 10.4 Å². The topological polar surface area (TPSA) is 105 Å². The van der Waals surface area contributed by atoms with E-state index in [1.807, 2.05) is 0 Å². The van der Waals surface area contributed by atoms with Crippen LogP contribution in [-0.4, -0.2) is 38.4 Å². The Morgan fingerprint density at radius 3 is 2.00 bits per heavy atom. The van der Waals surface area contributed by atoms with Crippen LogP contribution in [0.4, 0.5) is 0 Å². The van der Waals surface area contributed by atoms with Crippen LogP contribution in [0.15, 0.2) is 30.3 Å². The largest absolute Gasteiger partial charge is 0.467 e. The molecule has 1 rings (SSSR count). The molecule has 0 fully saturated rings. The number of esters is 1. The van der Waals surface area contributed by atoms with Gasteiger partial charge in [-0.1, -0.05) is 30.3 Å². The number of Topliss-reactive ketones (excluding diaryl/α,β-unsaturated/α-hetero) is 1. The molecule has 0 heterocycles. The van der Waals surface area contributed by atoms with Crippen LogP contribution < -0.4 is 5.73 Å². The maximum absolute atomic E-state index is 12.5. The minimum absolute atomic E-state index is 0.0923. The first-order valence-electron chi connectivity index (χ1n) is 5.56. The van der Waals surface area contributed by atoms with Crippen LogP contribution in [0.3, 0.4) is 0 Å². The van der Waals surface area contributed by atoms with Crippen molar-refractivity contribution in [2.75, 3.05) is 21.3 Å². The molecule has 0 aliphatic rings. The summed E-state index contributed by atoms with van der Waals surface area (Å²) in [6.07, 6.45) is 0. The van der Waals surface area contributed by atoms with Crippen LogP contribution in [0.5, 0.6) is 0 Å². The molecular weight excluding hydrogens is 285 g/mol. The van der Waals surface area contributed by atoms with E-state index in [0.717, 1.165) is 21.3 Å². The van der Waals surface area contributed by atoms with E-state index in [1.165, 1.54) is 12.1 Å². The molecule has 1 unspecified atom stereocenters. The Bertz CT molecular complexity index is 538. The zero-order valence-corrected chi connectivity index (χ0v) is 12.3. The standard InChI is InChI=1S/C12H16NO6P/c1-17-11(15)12(13,20(16,18-2)19-3)10(14)9-7-5-4-6-8-9/h4-8H,13H2,1-3H3. The van der Waals surface area contributed by atoms with Gasteiger partial charge >= 0.3 is 13.6 Å². The van der Waals surface area contributed by atoms with Gasteiger partial charge in [-0.25, -0.2) is 4.79 Å². The molecule has 0 aliphatic heterocycles. The lowest BCUT2D eigenvalue weighted by atomic mass is 10.0. The van der Waals surface area contributed by atoms with E-state index in [9.17, 15) is 14.2 Å². The second kappa shape index (κ2) is 6.28. The normalized spacial score (nSPS) is 14.4. The summed E-state index contributed by atoms with van der Waals surface area (Å²) in [5.74, 6) is -2.10. The Morgan fingerprint density at radius 1 is 1.10 bits per heavy atom. The first-order valence-corrected chi connectivity index (χ1v) is 7.10. The van der Waals surface area contributed by atoms with Crippen molar-refractivity contribution < 1.29 is 27.9 Å². The van der Waals surface area contributed by atoms with Gasteiger partial charge in [0.2, 0.25) is 5.78 Å². The molecule has 0 saturated carbocycles. The molecule has 0 aromatic heterocycles. The molecule has 0 radical (unpaired) electrons. The number of methoxy groups -OCH3 is 1. The van der Waals surface area contributed by atoms with Crippen molar-refractivity contribution in [3.8, 4) is 0 Å². The van der Waals surface area contributed by atoms with Gasteiger partial charge in [-0.05, 0) is 0 Å². The van der Waals surface area contributed by atoms with Gasteiger partial charge in [0.25, 0.3) is 5.28 Å². The number of hydrogen-bond acceptors (Lipinski definition) is 7. The number of carbonyl (C=O) groups is 2. The van der Waals surface area contributed by atoms with Gasteiger partial charge in [0.05, 0.1) is 7.11 Å². The molecule has 7 nitrogen and oxygen atoms in total. The summed E-state index contributed by atoms with van der Waals surface area (Å²) in [5.41, 5.74) is 5.88. The van der Waals surface area contributed by atoms with E-state index < -0.39 is 24.6 Å². The lowest BCUT2D eigenvalue weighted by molar-refractivity contribution is -0.142. The fourth-order valence-electron chi connectivity index (χ4n) is 1.66. The molecule has 8 heteroatoms. The van der Waals surface area contributed by atoms with Gasteiger partial charge in [-0.15, -0.1) is 0 Å². The Morgan fingerprint density at radius 2 is 1.60 bits per heavy atom. The van der Waals surface area contributed by atoms with E-state index in [-0.39, 0.29) is 5.56 Å². The summed E-state index contributed by atoms with van der Waals surface area (Å²) in [5, 5.41) is -2.56. The van der Waals surface area contributed by atoms with Crippen LogP contribution in [0.25, 0.3) is 0 Å². The third-order valence-electron chi connectivity index (χ3n) is 2.79. The SMILES string of the molecule is COC(=O)C(N)(C(=O)c1ccccc1)P(=O)(OC)OC. The highest BCUT2D eigenvalue weighted by molar-refractivity contribution is 7.58. The summed E-state index contributed by atoms with van der Waals surface area (Å²) in [6, 6.07) is 7.70. The number of ether oxygens (including phenoxy) is 1. The fraction of sp³-hybridized carbons (Fsp3) is 0.333. The number of ketones is 1. The summed E-state index contributed by atoms with van der Waals surface area (Å²) in [6.45, 7) is 0. The van der Waals surface area contributed by atoms with Crippen molar-refractivity contribution >= 4 is 19.3 Å². The number of hydrogen-bond donors (Lipinski definition) is 1. The number of benzene rings is 1. The third kappa shape index (κ3) is 2.53. The van der Waals surface area contributed by atoms with Crippen LogP contribution in [0, 0.1) is 0 Å². The Balaban J connectivity index is 3.44. The van der Waals surface area contributed by atoms with Gasteiger partial charge < -0.3 is 13.8 Å². The van der Waals surface area contributed by atoms with Crippen molar-refractivity contribution in [1.82, 2.24) is 0 Å². The monoisotopic (exact) mass is 301 g/mol. The first kappa shape index (κ1) is 16.5. The van der Waals surface area contributed by atoms with E-state index in [2.05, 4.69) is 4.74 Å². The highest BCUT2D eigenvalue weighted by atomic mass is 31.2. The van der Waals surface area contributed by atoms with Crippen molar-refractivity contribution in [2.45, 2.75) is 5.28 Å². The van der Waals surface area contributed by atoms with Crippen molar-refractivity contribution in [2.24, 2.45) is 5.73 Å². The molecule has 0 saturated heterocycles. The van der Waals surface area contributed by atoms with Gasteiger partial charge in [0, 0.05) is 19.8 Å². The van der Waals surface area contributed by atoms with E-state index in [4.69, 9.17) is 14.8 Å². The van der Waals surface area contributed by atoms with Gasteiger partial charge in [0.1, 0.15) is 0 Å². The van der Waals surface area contributed by atoms with Gasteiger partial charge in [0.15, 0.2) is 0 Å². The molecule has 1 aromatic carbocycles. The molecule has 0 bridgehead atoms. The highest BCUT2D eigenvalue weighted by Gasteiger charge is 2.60. The van der Waals surface area contributed by atoms with Crippen molar-refractivity contribution in [1.29, 1.82) is 0 Å². The zero-order valence-electron chi connectivity index (χ0n) is 11.4. The summed E-state index contributed by atoms with van der Waals surface area (Å²) < 4.78 is 26.4. The average molecular weight is 301 g/mol. The quantitative estimate of drug-likeness (QED) is 0.364.